The first-order valence-electron chi connectivity index (χ1n) is 4.05. The predicted octanol–water partition coefficient (Wildman–Crippen LogP) is 1.78. The highest BCUT2D eigenvalue weighted by Gasteiger charge is 2.30. The average Bonchev–Trinajstić information content (AvgIpc) is 2.15. The lowest BCUT2D eigenvalue weighted by atomic mass is 10.2. The summed E-state index contributed by atoms with van der Waals surface area (Å²) in [6.07, 6.45) is -4.63. The van der Waals surface area contributed by atoms with Crippen molar-refractivity contribution in [3.63, 3.8) is 0 Å². The summed E-state index contributed by atoms with van der Waals surface area (Å²) in [7, 11) is -5.23. The van der Waals surface area contributed by atoms with Crippen molar-refractivity contribution in [1.82, 2.24) is 0 Å². The Morgan fingerprint density at radius 3 is 2.35 bits per heavy atom. The Morgan fingerprint density at radius 2 is 1.88 bits per heavy atom. The molecule has 0 unspecified atom stereocenters. The number of hydrogen-bond acceptors (Lipinski definition) is 4. The fourth-order valence-corrected chi connectivity index (χ4v) is 1.20. The number of carbonyl (C=O) groups excluding carboxylic acids is 1. The van der Waals surface area contributed by atoms with Gasteiger partial charge in [-0.2, -0.15) is 13.2 Å². The largest absolute Gasteiger partial charge is 0.740 e. The zero-order valence-corrected chi connectivity index (χ0v) is 8.80. The first-order valence-corrected chi connectivity index (χ1v) is 5.45. The Morgan fingerprint density at radius 1 is 1.29 bits per heavy atom. The normalized spacial score (nSPS) is 12.2. The van der Waals surface area contributed by atoms with Gasteiger partial charge in [-0.3, -0.25) is 4.79 Å². The maximum atomic E-state index is 12.2. The van der Waals surface area contributed by atoms with Gasteiger partial charge in [-0.1, -0.05) is 6.07 Å². The molecule has 1 rings (SSSR count). The van der Waals surface area contributed by atoms with E-state index in [4.69, 9.17) is 0 Å². The Bertz CT molecular complexity index is 538. The number of nitrogens with one attached hydrogen (secondary N) is 1. The van der Waals surface area contributed by atoms with Gasteiger partial charge in [-0.15, -0.1) is 0 Å². The van der Waals surface area contributed by atoms with Gasteiger partial charge in [0, 0.05) is 5.69 Å². The van der Waals surface area contributed by atoms with Crippen LogP contribution in [0.1, 0.15) is 5.56 Å². The number of carbonyl (C=O) groups is 1. The minimum atomic E-state index is -5.23. The minimum absolute atomic E-state index is 0.427. The number of benzene rings is 1. The second-order valence-electron chi connectivity index (χ2n) is 2.95. The van der Waals surface area contributed by atoms with Crippen LogP contribution in [0.2, 0.25) is 0 Å². The van der Waals surface area contributed by atoms with Crippen LogP contribution in [0.25, 0.3) is 0 Å². The number of amides is 1. The van der Waals surface area contributed by atoms with E-state index in [2.05, 4.69) is 0 Å². The first kappa shape index (κ1) is 13.5. The second-order valence-corrected chi connectivity index (χ2v) is 4.22. The molecule has 0 heterocycles. The Kier molecular flexibility index (Phi) is 3.43. The molecule has 1 aromatic carbocycles. The fraction of sp³-hybridized carbons (Fsp3) is 0.125. The molecule has 0 aliphatic heterocycles. The molecule has 0 bridgehead atoms. The lowest BCUT2D eigenvalue weighted by Crippen LogP contribution is -2.20. The van der Waals surface area contributed by atoms with Crippen LogP contribution in [-0.4, -0.2) is 18.2 Å². The van der Waals surface area contributed by atoms with Crippen molar-refractivity contribution in [1.29, 1.82) is 0 Å². The lowest BCUT2D eigenvalue weighted by Gasteiger charge is -2.10. The third-order valence-electron chi connectivity index (χ3n) is 1.66. The van der Waals surface area contributed by atoms with Gasteiger partial charge in [-0.05, 0) is 18.2 Å². The molecule has 0 aromatic heterocycles. The molecule has 9 heteroatoms. The summed E-state index contributed by atoms with van der Waals surface area (Å²) in [5.41, 5.74) is -1.50. The molecule has 17 heavy (non-hydrogen) atoms. The van der Waals surface area contributed by atoms with Crippen molar-refractivity contribution < 1.29 is 30.9 Å². The molecule has 0 spiro atoms. The van der Waals surface area contributed by atoms with E-state index >= 15 is 0 Å². The monoisotopic (exact) mass is 268 g/mol. The highest BCUT2D eigenvalue weighted by atomic mass is 32.2. The summed E-state index contributed by atoms with van der Waals surface area (Å²) in [6.45, 7) is 0. The first-order chi connectivity index (χ1) is 7.60. The van der Waals surface area contributed by atoms with Gasteiger partial charge >= 0.3 is 11.4 Å². The SMILES string of the molecule is O=C(Nc1cccc(C(F)(F)F)c1)S(=O)(=O)[O-]. The van der Waals surface area contributed by atoms with E-state index in [-0.39, 0.29) is 0 Å². The van der Waals surface area contributed by atoms with Gasteiger partial charge in [-0.25, -0.2) is 8.42 Å². The quantitative estimate of drug-likeness (QED) is 0.786. The van der Waals surface area contributed by atoms with Gasteiger partial charge in [0.15, 0.2) is 10.1 Å². The highest BCUT2D eigenvalue weighted by molar-refractivity contribution is 8.01. The van der Waals surface area contributed by atoms with Crippen molar-refractivity contribution >= 4 is 21.0 Å². The topological polar surface area (TPSA) is 86.3 Å². The Labute approximate surface area is 94.0 Å². The van der Waals surface area contributed by atoms with Crippen LogP contribution >= 0.6 is 0 Å². The molecule has 0 radical (unpaired) electrons. The Hall–Kier alpha value is -1.61. The van der Waals surface area contributed by atoms with Crippen LogP contribution in [0, 0.1) is 0 Å². The Balaban J connectivity index is 2.99. The maximum Gasteiger partial charge on any atom is 0.416 e. The standard InChI is InChI=1S/C8H6F3NO4S/c9-8(10,11)5-2-1-3-6(4-5)12-7(13)17(14,15)16/h1-4H,(H,12,13)(H,14,15,16)/p-1. The molecule has 94 valence electrons. The molecule has 0 aliphatic rings. The lowest BCUT2D eigenvalue weighted by molar-refractivity contribution is -0.137. The van der Waals surface area contributed by atoms with Gasteiger partial charge in [0.2, 0.25) is 0 Å². The minimum Gasteiger partial charge on any atom is -0.740 e. The number of halogens is 3. The number of hydrogen-bond donors (Lipinski definition) is 1. The van der Waals surface area contributed by atoms with Crippen molar-refractivity contribution in [2.24, 2.45) is 0 Å². The molecule has 0 aliphatic carbocycles. The van der Waals surface area contributed by atoms with E-state index in [0.717, 1.165) is 18.2 Å². The number of rotatable bonds is 1. The van der Waals surface area contributed by atoms with E-state index in [1.807, 2.05) is 0 Å². The zero-order valence-electron chi connectivity index (χ0n) is 7.98. The molecular formula is C8H5F3NO4S-. The van der Waals surface area contributed by atoms with Gasteiger partial charge in [0.25, 0.3) is 0 Å². The smallest absolute Gasteiger partial charge is 0.416 e. The summed E-state index contributed by atoms with van der Waals surface area (Å²) in [4.78, 5) is 10.7. The van der Waals surface area contributed by atoms with Crippen LogP contribution in [-0.2, 0) is 16.3 Å². The van der Waals surface area contributed by atoms with Crippen LogP contribution in [0.3, 0.4) is 0 Å². The summed E-state index contributed by atoms with van der Waals surface area (Å²) < 4.78 is 67.4. The van der Waals surface area contributed by atoms with Crippen LogP contribution in [0.15, 0.2) is 24.3 Å². The van der Waals surface area contributed by atoms with Crippen LogP contribution in [0.5, 0.6) is 0 Å². The van der Waals surface area contributed by atoms with Gasteiger partial charge < -0.3 is 9.87 Å². The van der Waals surface area contributed by atoms with E-state index in [0.29, 0.717) is 6.07 Å². The van der Waals surface area contributed by atoms with Gasteiger partial charge in [0.05, 0.1) is 5.56 Å². The zero-order chi connectivity index (χ0) is 13.3. The molecule has 1 N–H and O–H groups in total. The predicted molar refractivity (Wildman–Crippen MR) is 50.2 cm³/mol. The molecule has 1 amide bonds. The maximum absolute atomic E-state index is 12.2. The van der Waals surface area contributed by atoms with Crippen molar-refractivity contribution in [2.75, 3.05) is 5.32 Å². The molecule has 0 atom stereocenters. The third-order valence-corrected chi connectivity index (χ3v) is 2.22. The van der Waals surface area contributed by atoms with Gasteiger partial charge in [0.1, 0.15) is 0 Å². The molecule has 5 nitrogen and oxygen atoms in total. The van der Waals surface area contributed by atoms with E-state index in [1.165, 1.54) is 0 Å². The average molecular weight is 268 g/mol. The molecule has 0 fully saturated rings. The van der Waals surface area contributed by atoms with Crippen LogP contribution < -0.4 is 5.32 Å². The van der Waals surface area contributed by atoms with Crippen LogP contribution in [0.4, 0.5) is 23.7 Å². The van der Waals surface area contributed by atoms with Crippen molar-refractivity contribution in [3.8, 4) is 0 Å². The second kappa shape index (κ2) is 4.34. The third kappa shape index (κ3) is 3.71. The van der Waals surface area contributed by atoms with E-state index < -0.39 is 32.8 Å². The number of anilines is 1. The summed E-state index contributed by atoms with van der Waals surface area (Å²) in [5.74, 6) is 0. The van der Waals surface area contributed by atoms with Crippen molar-refractivity contribution in [3.05, 3.63) is 29.8 Å². The molecular weight excluding hydrogens is 263 g/mol. The summed E-state index contributed by atoms with van der Waals surface area (Å²) in [6, 6.07) is 3.25. The summed E-state index contributed by atoms with van der Waals surface area (Å²) >= 11 is 0. The fourth-order valence-electron chi connectivity index (χ4n) is 0.954. The molecule has 1 aromatic rings. The molecule has 0 saturated carbocycles. The van der Waals surface area contributed by atoms with E-state index in [9.17, 15) is 30.9 Å². The summed E-state index contributed by atoms with van der Waals surface area (Å²) in [5, 5.41) is -0.351. The number of alkyl halides is 3. The highest BCUT2D eigenvalue weighted by Crippen LogP contribution is 2.30. The van der Waals surface area contributed by atoms with E-state index in [1.54, 1.807) is 5.32 Å². The molecule has 0 saturated heterocycles. The van der Waals surface area contributed by atoms with Crippen molar-refractivity contribution in [2.45, 2.75) is 6.18 Å².